The number of imidazole rings is 1. The third-order valence-corrected chi connectivity index (χ3v) is 3.18. The first kappa shape index (κ1) is 10.1. The molecule has 2 nitrogen and oxygen atoms in total. The standard InChI is InChI=1S/C15H15N2/c1-12-7-3-4-8-13(12)15-14-9-5-6-10-17(14)11-16(15)2/h3-11H,1-2H3/q+1. The van der Waals surface area contributed by atoms with Crippen LogP contribution < -0.4 is 4.57 Å². The summed E-state index contributed by atoms with van der Waals surface area (Å²) < 4.78 is 4.33. The Bertz CT molecular complexity index is 680. The molecule has 0 amide bonds. The summed E-state index contributed by atoms with van der Waals surface area (Å²) in [5.74, 6) is 0. The van der Waals surface area contributed by atoms with Gasteiger partial charge < -0.3 is 0 Å². The van der Waals surface area contributed by atoms with E-state index in [1.807, 2.05) is 0 Å². The summed E-state index contributed by atoms with van der Waals surface area (Å²) in [7, 11) is 2.09. The average molecular weight is 223 g/mol. The van der Waals surface area contributed by atoms with Crippen molar-refractivity contribution in [2.45, 2.75) is 6.92 Å². The lowest BCUT2D eigenvalue weighted by Crippen LogP contribution is -2.27. The van der Waals surface area contributed by atoms with E-state index in [0.29, 0.717) is 0 Å². The van der Waals surface area contributed by atoms with E-state index in [-0.39, 0.29) is 0 Å². The fraction of sp³-hybridized carbons (Fsp3) is 0.133. The molecule has 2 heteroatoms. The van der Waals surface area contributed by atoms with Gasteiger partial charge in [0.15, 0.2) is 11.2 Å². The van der Waals surface area contributed by atoms with Gasteiger partial charge in [-0.1, -0.05) is 30.3 Å². The van der Waals surface area contributed by atoms with Crippen LogP contribution in [0.25, 0.3) is 16.8 Å². The van der Waals surface area contributed by atoms with Crippen molar-refractivity contribution in [3.8, 4) is 11.3 Å². The highest BCUT2D eigenvalue weighted by Gasteiger charge is 2.17. The highest BCUT2D eigenvalue weighted by molar-refractivity contribution is 5.76. The van der Waals surface area contributed by atoms with E-state index in [2.05, 4.69) is 77.9 Å². The van der Waals surface area contributed by atoms with E-state index in [1.165, 1.54) is 22.3 Å². The van der Waals surface area contributed by atoms with Gasteiger partial charge in [-0.05, 0) is 24.6 Å². The van der Waals surface area contributed by atoms with Crippen molar-refractivity contribution < 1.29 is 4.57 Å². The molecule has 0 bridgehead atoms. The molecule has 2 aromatic heterocycles. The van der Waals surface area contributed by atoms with E-state index >= 15 is 0 Å². The highest BCUT2D eigenvalue weighted by atomic mass is 15.1. The number of benzene rings is 1. The van der Waals surface area contributed by atoms with Crippen molar-refractivity contribution >= 4 is 5.52 Å². The SMILES string of the molecule is Cc1ccccc1-c1c2ccccn2c[n+]1C. The number of hydrogen-bond donors (Lipinski definition) is 0. The maximum absolute atomic E-state index is 2.18. The Labute approximate surface area is 101 Å². The third kappa shape index (κ3) is 1.53. The minimum Gasteiger partial charge on any atom is -0.232 e. The second-order valence-corrected chi connectivity index (χ2v) is 4.38. The molecule has 3 aromatic rings. The smallest absolute Gasteiger partial charge is 0.232 e. The Hall–Kier alpha value is -2.09. The van der Waals surface area contributed by atoms with Crippen molar-refractivity contribution in [2.24, 2.45) is 7.05 Å². The molecule has 0 atom stereocenters. The van der Waals surface area contributed by atoms with Gasteiger partial charge >= 0.3 is 0 Å². The lowest BCUT2D eigenvalue weighted by atomic mass is 10.0. The predicted octanol–water partition coefficient (Wildman–Crippen LogP) is 2.74. The Morgan fingerprint density at radius 2 is 1.76 bits per heavy atom. The Kier molecular flexibility index (Phi) is 2.22. The van der Waals surface area contributed by atoms with E-state index < -0.39 is 0 Å². The molecule has 17 heavy (non-hydrogen) atoms. The molecule has 0 aliphatic carbocycles. The summed E-state index contributed by atoms with van der Waals surface area (Å²) in [6, 6.07) is 14.8. The maximum Gasteiger partial charge on any atom is 0.249 e. The molecule has 3 rings (SSSR count). The van der Waals surface area contributed by atoms with Crippen LogP contribution in [0.2, 0.25) is 0 Å². The first-order valence-electron chi connectivity index (χ1n) is 5.79. The summed E-state index contributed by atoms with van der Waals surface area (Å²) in [6.07, 6.45) is 4.19. The van der Waals surface area contributed by atoms with Crippen LogP contribution in [-0.4, -0.2) is 4.40 Å². The second kappa shape index (κ2) is 3.74. The van der Waals surface area contributed by atoms with E-state index in [1.54, 1.807) is 0 Å². The number of fused-ring (bicyclic) bond motifs is 1. The lowest BCUT2D eigenvalue weighted by Gasteiger charge is -2.02. The number of aryl methyl sites for hydroxylation is 2. The molecule has 1 aromatic carbocycles. The molecule has 0 fully saturated rings. The van der Waals surface area contributed by atoms with Crippen molar-refractivity contribution in [1.82, 2.24) is 4.40 Å². The first-order chi connectivity index (χ1) is 8.27. The van der Waals surface area contributed by atoms with Gasteiger partial charge in [0.05, 0.1) is 13.2 Å². The maximum atomic E-state index is 2.18. The lowest BCUT2D eigenvalue weighted by molar-refractivity contribution is -0.659. The van der Waals surface area contributed by atoms with Crippen LogP contribution >= 0.6 is 0 Å². The zero-order chi connectivity index (χ0) is 11.8. The molecular formula is C15H15N2+. The number of hydrogen-bond acceptors (Lipinski definition) is 0. The van der Waals surface area contributed by atoms with E-state index in [4.69, 9.17) is 0 Å². The van der Waals surface area contributed by atoms with Gasteiger partial charge in [0.25, 0.3) is 0 Å². The van der Waals surface area contributed by atoms with Gasteiger partial charge in [-0.25, -0.2) is 8.97 Å². The summed E-state index contributed by atoms with van der Waals surface area (Å²) in [5, 5.41) is 0. The fourth-order valence-electron chi connectivity index (χ4n) is 2.35. The van der Waals surface area contributed by atoms with Crippen LogP contribution in [0.5, 0.6) is 0 Å². The molecule has 0 spiro atoms. The molecule has 0 radical (unpaired) electrons. The molecule has 0 saturated heterocycles. The number of rotatable bonds is 1. The minimum absolute atomic E-state index is 1.24. The van der Waals surface area contributed by atoms with Crippen LogP contribution in [0.3, 0.4) is 0 Å². The Balaban J connectivity index is 2.38. The van der Waals surface area contributed by atoms with Gasteiger partial charge in [0.1, 0.15) is 0 Å². The van der Waals surface area contributed by atoms with Gasteiger partial charge in [0.2, 0.25) is 6.33 Å². The second-order valence-electron chi connectivity index (χ2n) is 4.38. The van der Waals surface area contributed by atoms with Gasteiger partial charge in [0, 0.05) is 5.56 Å². The molecule has 0 aliphatic heterocycles. The van der Waals surface area contributed by atoms with Crippen LogP contribution in [0, 0.1) is 6.92 Å². The van der Waals surface area contributed by atoms with Gasteiger partial charge in [-0.15, -0.1) is 0 Å². The molecule has 2 heterocycles. The Morgan fingerprint density at radius 1 is 1.00 bits per heavy atom. The molecule has 0 N–H and O–H groups in total. The van der Waals surface area contributed by atoms with E-state index in [0.717, 1.165) is 0 Å². The highest BCUT2D eigenvalue weighted by Crippen LogP contribution is 2.24. The monoisotopic (exact) mass is 223 g/mol. The van der Waals surface area contributed by atoms with Crippen LogP contribution in [0.15, 0.2) is 55.0 Å². The molecule has 0 aliphatic rings. The largest absolute Gasteiger partial charge is 0.249 e. The topological polar surface area (TPSA) is 8.29 Å². The molecule has 84 valence electrons. The van der Waals surface area contributed by atoms with E-state index in [9.17, 15) is 0 Å². The fourth-order valence-corrected chi connectivity index (χ4v) is 2.35. The molecule has 0 saturated carbocycles. The van der Waals surface area contributed by atoms with Crippen molar-refractivity contribution in [2.75, 3.05) is 0 Å². The predicted molar refractivity (Wildman–Crippen MR) is 68.7 cm³/mol. The third-order valence-electron chi connectivity index (χ3n) is 3.18. The van der Waals surface area contributed by atoms with Crippen LogP contribution in [0.4, 0.5) is 0 Å². The number of aromatic nitrogens is 2. The van der Waals surface area contributed by atoms with Crippen molar-refractivity contribution in [3.05, 3.63) is 60.6 Å². The molecule has 0 unspecified atom stereocenters. The van der Waals surface area contributed by atoms with Crippen molar-refractivity contribution in [3.63, 3.8) is 0 Å². The molecular weight excluding hydrogens is 208 g/mol. The van der Waals surface area contributed by atoms with Crippen LogP contribution in [0.1, 0.15) is 5.56 Å². The minimum atomic E-state index is 1.24. The average Bonchev–Trinajstić information content (AvgIpc) is 2.66. The van der Waals surface area contributed by atoms with Crippen LogP contribution in [-0.2, 0) is 7.05 Å². The summed E-state index contributed by atoms with van der Waals surface area (Å²) in [4.78, 5) is 0. The van der Waals surface area contributed by atoms with Crippen molar-refractivity contribution in [1.29, 1.82) is 0 Å². The Morgan fingerprint density at radius 3 is 2.59 bits per heavy atom. The zero-order valence-corrected chi connectivity index (χ0v) is 10.1. The zero-order valence-electron chi connectivity index (χ0n) is 10.1. The number of pyridine rings is 1. The number of nitrogens with zero attached hydrogens (tertiary/aromatic N) is 2. The quantitative estimate of drug-likeness (QED) is 0.561. The normalized spacial score (nSPS) is 10.9. The first-order valence-corrected chi connectivity index (χ1v) is 5.79. The van der Waals surface area contributed by atoms with Gasteiger partial charge in [-0.3, -0.25) is 0 Å². The summed E-state index contributed by atoms with van der Waals surface area (Å²) in [5.41, 5.74) is 5.11. The summed E-state index contributed by atoms with van der Waals surface area (Å²) >= 11 is 0. The summed E-state index contributed by atoms with van der Waals surface area (Å²) in [6.45, 7) is 2.15. The van der Waals surface area contributed by atoms with Gasteiger partial charge in [-0.2, -0.15) is 0 Å².